The monoisotopic (exact) mass is 414 g/mol. The largest absolute Gasteiger partial charge is 0.393 e. The van der Waals surface area contributed by atoms with E-state index in [0.717, 1.165) is 36.0 Å². The molecule has 0 bridgehead atoms. The van der Waals surface area contributed by atoms with E-state index < -0.39 is 0 Å². The first-order chi connectivity index (χ1) is 14.0. The lowest BCUT2D eigenvalue weighted by atomic mass is 9.43. The maximum Gasteiger partial charge on any atom is 0.0594 e. The van der Waals surface area contributed by atoms with Crippen LogP contribution in [0.25, 0.3) is 0 Å². The highest BCUT2D eigenvalue weighted by Crippen LogP contribution is 2.68. The standard InChI is InChI=1S/C29H50O/c1-19(2)9-8-10-20(3)22-12-13-23-21-11-14-25-27(4,5)26(30)16-18-29(25,7)24(21)15-17-28(22,23)6/h11,19-20,22-26,30H,8-10,12-18H2,1-7H3/t20-,22-,23+,24+,25?,26+,28-,29-/m1/s1. The van der Waals surface area contributed by atoms with Crippen LogP contribution in [0, 0.1) is 51.8 Å². The molecule has 0 aromatic heterocycles. The van der Waals surface area contributed by atoms with Crippen LogP contribution in [0.1, 0.15) is 113 Å². The lowest BCUT2D eigenvalue weighted by molar-refractivity contribution is -0.125. The SMILES string of the molecule is CC(C)CCC[C@@H](C)[C@H]1CC[C@H]2C3=CCC4C(C)(C)[C@@H](O)CC[C@]4(C)[C@H]3CC[C@]12C. The van der Waals surface area contributed by atoms with Gasteiger partial charge in [-0.3, -0.25) is 0 Å². The molecular formula is C29H50O. The summed E-state index contributed by atoms with van der Waals surface area (Å²) in [4.78, 5) is 0. The van der Waals surface area contributed by atoms with Gasteiger partial charge >= 0.3 is 0 Å². The predicted molar refractivity (Wildman–Crippen MR) is 128 cm³/mol. The summed E-state index contributed by atoms with van der Waals surface area (Å²) in [6.07, 6.45) is 16.0. The van der Waals surface area contributed by atoms with Gasteiger partial charge < -0.3 is 5.11 Å². The van der Waals surface area contributed by atoms with Crippen molar-refractivity contribution in [1.82, 2.24) is 0 Å². The number of aliphatic hydroxyl groups is 1. The van der Waals surface area contributed by atoms with Crippen molar-refractivity contribution in [3.63, 3.8) is 0 Å². The lowest BCUT2D eigenvalue weighted by Gasteiger charge is -2.62. The summed E-state index contributed by atoms with van der Waals surface area (Å²) in [5, 5.41) is 10.8. The third-order valence-corrected chi connectivity index (χ3v) is 11.2. The summed E-state index contributed by atoms with van der Waals surface area (Å²) in [6.45, 7) is 17.3. The Labute approximate surface area is 187 Å². The Morgan fingerprint density at radius 2 is 1.57 bits per heavy atom. The first-order valence-corrected chi connectivity index (χ1v) is 13.4. The molecule has 0 aliphatic heterocycles. The highest BCUT2D eigenvalue weighted by Gasteiger charge is 2.61. The van der Waals surface area contributed by atoms with Crippen LogP contribution in [0.4, 0.5) is 0 Å². The van der Waals surface area contributed by atoms with Crippen LogP contribution in [0.2, 0.25) is 0 Å². The van der Waals surface area contributed by atoms with Crippen molar-refractivity contribution in [3.8, 4) is 0 Å². The normalized spacial score (nSPS) is 46.0. The molecule has 30 heavy (non-hydrogen) atoms. The smallest absolute Gasteiger partial charge is 0.0594 e. The van der Waals surface area contributed by atoms with Crippen molar-refractivity contribution in [2.24, 2.45) is 51.8 Å². The van der Waals surface area contributed by atoms with Gasteiger partial charge in [0.1, 0.15) is 0 Å². The summed E-state index contributed by atoms with van der Waals surface area (Å²) < 4.78 is 0. The molecule has 3 fully saturated rings. The summed E-state index contributed by atoms with van der Waals surface area (Å²) in [5.74, 6) is 4.90. The van der Waals surface area contributed by atoms with Crippen LogP contribution < -0.4 is 0 Å². The van der Waals surface area contributed by atoms with Crippen molar-refractivity contribution in [2.45, 2.75) is 119 Å². The molecule has 1 unspecified atom stereocenters. The van der Waals surface area contributed by atoms with Crippen LogP contribution in [0.15, 0.2) is 11.6 Å². The second kappa shape index (κ2) is 7.93. The first-order valence-electron chi connectivity index (χ1n) is 13.4. The fourth-order valence-corrected chi connectivity index (χ4v) is 9.33. The summed E-state index contributed by atoms with van der Waals surface area (Å²) in [6, 6.07) is 0. The molecule has 0 aromatic carbocycles. The number of rotatable bonds is 5. The molecule has 4 aliphatic carbocycles. The molecule has 0 saturated heterocycles. The van der Waals surface area contributed by atoms with Crippen LogP contribution >= 0.6 is 0 Å². The Hall–Kier alpha value is -0.300. The van der Waals surface area contributed by atoms with Gasteiger partial charge in [0, 0.05) is 0 Å². The van der Waals surface area contributed by atoms with E-state index in [4.69, 9.17) is 0 Å². The molecule has 0 heterocycles. The fourth-order valence-electron chi connectivity index (χ4n) is 9.33. The second-order valence-electron chi connectivity index (χ2n) is 13.5. The third-order valence-electron chi connectivity index (χ3n) is 11.2. The van der Waals surface area contributed by atoms with E-state index in [-0.39, 0.29) is 11.5 Å². The third kappa shape index (κ3) is 3.45. The Balaban J connectivity index is 1.54. The highest BCUT2D eigenvalue weighted by atomic mass is 16.3. The zero-order valence-corrected chi connectivity index (χ0v) is 21.1. The van der Waals surface area contributed by atoms with Crippen molar-refractivity contribution in [2.75, 3.05) is 0 Å². The van der Waals surface area contributed by atoms with Crippen LogP contribution in [0.3, 0.4) is 0 Å². The Kier molecular flexibility index (Phi) is 6.05. The quantitative estimate of drug-likeness (QED) is 0.451. The van der Waals surface area contributed by atoms with Crippen molar-refractivity contribution in [1.29, 1.82) is 0 Å². The van der Waals surface area contributed by atoms with Crippen LogP contribution in [0.5, 0.6) is 0 Å². The van der Waals surface area contributed by atoms with Gasteiger partial charge in [0.25, 0.3) is 0 Å². The number of allylic oxidation sites excluding steroid dienone is 2. The van der Waals surface area contributed by atoms with Gasteiger partial charge in [0.15, 0.2) is 0 Å². The number of fused-ring (bicyclic) bond motifs is 5. The van der Waals surface area contributed by atoms with Crippen molar-refractivity contribution >= 4 is 0 Å². The number of hydrogen-bond acceptors (Lipinski definition) is 1. The maximum atomic E-state index is 10.8. The second-order valence-corrected chi connectivity index (χ2v) is 13.5. The maximum absolute atomic E-state index is 10.8. The molecule has 8 atom stereocenters. The molecule has 1 heteroatoms. The van der Waals surface area contributed by atoms with E-state index in [1.165, 1.54) is 57.8 Å². The van der Waals surface area contributed by atoms with Gasteiger partial charge in [0.05, 0.1) is 6.10 Å². The zero-order valence-electron chi connectivity index (χ0n) is 21.1. The van der Waals surface area contributed by atoms with E-state index >= 15 is 0 Å². The zero-order chi connectivity index (χ0) is 21.9. The molecule has 0 amide bonds. The van der Waals surface area contributed by atoms with E-state index in [9.17, 15) is 5.11 Å². The van der Waals surface area contributed by atoms with Crippen molar-refractivity contribution < 1.29 is 5.11 Å². The van der Waals surface area contributed by atoms with Crippen LogP contribution in [-0.4, -0.2) is 11.2 Å². The van der Waals surface area contributed by atoms with Gasteiger partial charge in [0.2, 0.25) is 0 Å². The minimum Gasteiger partial charge on any atom is -0.393 e. The molecular weight excluding hydrogens is 364 g/mol. The molecule has 0 spiro atoms. The van der Waals surface area contributed by atoms with Crippen molar-refractivity contribution in [3.05, 3.63) is 11.6 Å². The Bertz CT molecular complexity index is 659. The Morgan fingerprint density at radius 1 is 0.900 bits per heavy atom. The minimum atomic E-state index is -0.123. The van der Waals surface area contributed by atoms with Gasteiger partial charge in [-0.15, -0.1) is 0 Å². The average Bonchev–Trinajstić information content (AvgIpc) is 3.02. The number of hydrogen-bond donors (Lipinski definition) is 1. The van der Waals surface area contributed by atoms with E-state index in [2.05, 4.69) is 54.5 Å². The van der Waals surface area contributed by atoms with E-state index in [1.807, 2.05) is 5.57 Å². The van der Waals surface area contributed by atoms with Gasteiger partial charge in [-0.2, -0.15) is 0 Å². The fraction of sp³-hybridized carbons (Fsp3) is 0.931. The molecule has 0 radical (unpaired) electrons. The van der Waals surface area contributed by atoms with E-state index in [0.29, 0.717) is 16.7 Å². The first kappa shape index (κ1) is 22.9. The molecule has 4 aliphatic rings. The summed E-state index contributed by atoms with van der Waals surface area (Å²) in [5.41, 5.74) is 2.85. The topological polar surface area (TPSA) is 20.2 Å². The lowest BCUT2D eigenvalue weighted by Crippen LogP contribution is -2.56. The van der Waals surface area contributed by atoms with E-state index in [1.54, 1.807) is 0 Å². The van der Waals surface area contributed by atoms with Crippen LogP contribution in [-0.2, 0) is 0 Å². The summed E-state index contributed by atoms with van der Waals surface area (Å²) >= 11 is 0. The highest BCUT2D eigenvalue weighted by molar-refractivity contribution is 5.28. The average molecular weight is 415 g/mol. The molecule has 172 valence electrons. The molecule has 1 N–H and O–H groups in total. The number of aliphatic hydroxyl groups excluding tert-OH is 1. The molecule has 4 rings (SSSR count). The molecule has 1 nitrogen and oxygen atoms in total. The molecule has 3 saturated carbocycles. The Morgan fingerprint density at radius 3 is 2.27 bits per heavy atom. The van der Waals surface area contributed by atoms with Gasteiger partial charge in [-0.1, -0.05) is 79.4 Å². The van der Waals surface area contributed by atoms with Gasteiger partial charge in [-0.05, 0) is 96.7 Å². The molecule has 0 aromatic rings. The predicted octanol–water partition coefficient (Wildman–Crippen LogP) is 8.02. The van der Waals surface area contributed by atoms with Gasteiger partial charge in [-0.25, -0.2) is 0 Å². The minimum absolute atomic E-state index is 0.0545. The summed E-state index contributed by atoms with van der Waals surface area (Å²) in [7, 11) is 0.